The summed E-state index contributed by atoms with van der Waals surface area (Å²) in [7, 11) is -1.10. The molecule has 0 amide bonds. The molecule has 1 aromatic carbocycles. The van der Waals surface area contributed by atoms with E-state index in [1.807, 2.05) is 0 Å². The van der Waals surface area contributed by atoms with Gasteiger partial charge >= 0.3 is 0 Å². The third-order valence-electron chi connectivity index (χ3n) is 1.79. The van der Waals surface area contributed by atoms with Crippen molar-refractivity contribution in [3.63, 3.8) is 0 Å². The molecule has 0 radical (unpaired) electrons. The van der Waals surface area contributed by atoms with Crippen molar-refractivity contribution >= 4 is 58.4 Å². The maximum absolute atomic E-state index is 2.40. The van der Waals surface area contributed by atoms with Crippen LogP contribution in [0.25, 0.3) is 0 Å². The normalized spacial score (nSPS) is 11.8. The summed E-state index contributed by atoms with van der Waals surface area (Å²) in [5.41, 5.74) is 0. The molecule has 0 N–H and O–H groups in total. The Morgan fingerprint density at radius 3 is 2.00 bits per heavy atom. The fourth-order valence-electron chi connectivity index (χ4n) is 0.963. The van der Waals surface area contributed by atoms with Crippen LogP contribution in [-0.4, -0.2) is 8.07 Å². The van der Waals surface area contributed by atoms with E-state index in [0.29, 0.717) is 0 Å². The highest BCUT2D eigenvalue weighted by Crippen LogP contribution is 2.14. The minimum Gasteiger partial charge on any atom is -0.0656 e. The summed E-state index contributed by atoms with van der Waals surface area (Å²) in [6.45, 7) is 7.14. The van der Waals surface area contributed by atoms with Crippen LogP contribution >= 0.6 is 45.2 Å². The molecule has 1 rings (SSSR count). The van der Waals surface area contributed by atoms with E-state index in [4.69, 9.17) is 0 Å². The Kier molecular flexibility index (Phi) is 3.62. The summed E-state index contributed by atoms with van der Waals surface area (Å²) >= 11 is 4.78. The SMILES string of the molecule is C[Si](C)(C)c1ccc(I)c(I)c1. The average Bonchev–Trinajstić information content (AvgIpc) is 1.92. The highest BCUT2D eigenvalue weighted by atomic mass is 127. The van der Waals surface area contributed by atoms with E-state index in [1.54, 1.807) is 5.19 Å². The summed E-state index contributed by atoms with van der Waals surface area (Å²) < 4.78 is 2.74. The van der Waals surface area contributed by atoms with Gasteiger partial charge < -0.3 is 0 Å². The predicted octanol–water partition coefficient (Wildman–Crippen LogP) is 3.44. The molecular weight excluding hydrogens is 390 g/mol. The Labute approximate surface area is 102 Å². The summed E-state index contributed by atoms with van der Waals surface area (Å²) in [6, 6.07) is 6.82. The molecule has 0 saturated heterocycles. The van der Waals surface area contributed by atoms with Crippen molar-refractivity contribution in [1.82, 2.24) is 0 Å². The van der Waals surface area contributed by atoms with E-state index in [2.05, 4.69) is 83.0 Å². The molecule has 12 heavy (non-hydrogen) atoms. The molecule has 0 unspecified atom stereocenters. The van der Waals surface area contributed by atoms with Crippen LogP contribution in [-0.2, 0) is 0 Å². The number of halogens is 2. The second-order valence-corrected chi connectivity index (χ2v) is 11.3. The Hall–Kier alpha value is 0.897. The second kappa shape index (κ2) is 3.96. The van der Waals surface area contributed by atoms with Gasteiger partial charge in [0.1, 0.15) is 0 Å². The first kappa shape index (κ1) is 11.0. The third kappa shape index (κ3) is 2.70. The minimum absolute atomic E-state index is 1.10. The lowest BCUT2D eigenvalue weighted by Gasteiger charge is -2.16. The average molecular weight is 402 g/mol. The van der Waals surface area contributed by atoms with Gasteiger partial charge in [-0.25, -0.2) is 0 Å². The van der Waals surface area contributed by atoms with Crippen LogP contribution in [0.2, 0.25) is 19.6 Å². The molecule has 0 aliphatic rings. The molecule has 66 valence electrons. The Morgan fingerprint density at radius 1 is 1.00 bits per heavy atom. The van der Waals surface area contributed by atoms with E-state index < -0.39 is 8.07 Å². The van der Waals surface area contributed by atoms with Crippen molar-refractivity contribution in [3.05, 3.63) is 25.3 Å². The van der Waals surface area contributed by atoms with Gasteiger partial charge in [0.2, 0.25) is 0 Å². The first-order valence-electron chi connectivity index (χ1n) is 3.87. The Balaban J connectivity index is 3.14. The largest absolute Gasteiger partial charge is 0.0776 e. The van der Waals surface area contributed by atoms with Crippen LogP contribution < -0.4 is 5.19 Å². The first-order valence-corrected chi connectivity index (χ1v) is 9.52. The molecule has 1 aromatic rings. The molecular formula is C9H12I2Si. The summed E-state index contributed by atoms with van der Waals surface area (Å²) in [6.07, 6.45) is 0. The second-order valence-electron chi connectivity index (χ2n) is 3.88. The first-order chi connectivity index (χ1) is 5.41. The fourth-order valence-corrected chi connectivity index (χ4v) is 3.27. The van der Waals surface area contributed by atoms with Crippen LogP contribution in [0.1, 0.15) is 0 Å². The van der Waals surface area contributed by atoms with Gasteiger partial charge in [0, 0.05) is 7.14 Å². The van der Waals surface area contributed by atoms with Crippen molar-refractivity contribution in [2.24, 2.45) is 0 Å². The molecule has 0 bridgehead atoms. The van der Waals surface area contributed by atoms with Crippen molar-refractivity contribution in [1.29, 1.82) is 0 Å². The molecule has 0 atom stereocenters. The van der Waals surface area contributed by atoms with Crippen molar-refractivity contribution in [2.75, 3.05) is 0 Å². The van der Waals surface area contributed by atoms with Gasteiger partial charge in [-0.2, -0.15) is 0 Å². The van der Waals surface area contributed by atoms with E-state index >= 15 is 0 Å². The van der Waals surface area contributed by atoms with Crippen LogP contribution in [0.4, 0.5) is 0 Å². The summed E-state index contributed by atoms with van der Waals surface area (Å²) in [5.74, 6) is 0. The maximum atomic E-state index is 2.40. The Bertz CT molecular complexity index is 289. The zero-order valence-corrected chi connectivity index (χ0v) is 12.8. The van der Waals surface area contributed by atoms with Crippen LogP contribution in [0.15, 0.2) is 18.2 Å². The Morgan fingerprint density at radius 2 is 1.58 bits per heavy atom. The molecule has 0 aromatic heterocycles. The zero-order chi connectivity index (χ0) is 9.35. The predicted molar refractivity (Wildman–Crippen MR) is 74.9 cm³/mol. The van der Waals surface area contributed by atoms with E-state index in [9.17, 15) is 0 Å². The van der Waals surface area contributed by atoms with E-state index in [0.717, 1.165) is 0 Å². The summed E-state index contributed by atoms with van der Waals surface area (Å²) in [4.78, 5) is 0. The molecule has 0 heterocycles. The molecule has 0 aliphatic carbocycles. The smallest absolute Gasteiger partial charge is 0.0656 e. The highest BCUT2D eigenvalue weighted by Gasteiger charge is 2.16. The van der Waals surface area contributed by atoms with Gasteiger partial charge in [-0.05, 0) is 57.3 Å². The number of benzene rings is 1. The molecule has 0 fully saturated rings. The van der Waals surface area contributed by atoms with Gasteiger partial charge in [-0.3, -0.25) is 0 Å². The molecule has 0 saturated carbocycles. The van der Waals surface area contributed by atoms with Gasteiger partial charge in [0.15, 0.2) is 0 Å². The maximum Gasteiger partial charge on any atom is 0.0776 e. The number of rotatable bonds is 1. The molecule has 0 aliphatic heterocycles. The monoisotopic (exact) mass is 402 g/mol. The van der Waals surface area contributed by atoms with E-state index in [-0.39, 0.29) is 0 Å². The minimum atomic E-state index is -1.10. The lowest BCUT2D eigenvalue weighted by molar-refractivity contribution is 1.58. The lowest BCUT2D eigenvalue weighted by Crippen LogP contribution is -2.37. The van der Waals surface area contributed by atoms with Crippen LogP contribution in [0.5, 0.6) is 0 Å². The topological polar surface area (TPSA) is 0 Å². The summed E-state index contributed by atoms with van der Waals surface area (Å²) in [5, 5.41) is 1.55. The molecule has 3 heteroatoms. The van der Waals surface area contributed by atoms with Crippen LogP contribution in [0, 0.1) is 7.14 Å². The quantitative estimate of drug-likeness (QED) is 0.499. The lowest BCUT2D eigenvalue weighted by atomic mass is 10.4. The van der Waals surface area contributed by atoms with Crippen molar-refractivity contribution < 1.29 is 0 Å². The standard InChI is InChI=1S/C9H12I2Si/c1-12(2,3)7-4-5-8(10)9(11)6-7/h4-6H,1-3H3. The number of hydrogen-bond donors (Lipinski definition) is 0. The van der Waals surface area contributed by atoms with Gasteiger partial charge in [0.25, 0.3) is 0 Å². The third-order valence-corrected chi connectivity index (χ3v) is 6.69. The van der Waals surface area contributed by atoms with Gasteiger partial charge in [0.05, 0.1) is 8.07 Å². The van der Waals surface area contributed by atoms with Gasteiger partial charge in [-0.1, -0.05) is 30.9 Å². The fraction of sp³-hybridized carbons (Fsp3) is 0.333. The number of hydrogen-bond acceptors (Lipinski definition) is 0. The van der Waals surface area contributed by atoms with E-state index in [1.165, 1.54) is 7.14 Å². The van der Waals surface area contributed by atoms with Crippen LogP contribution in [0.3, 0.4) is 0 Å². The van der Waals surface area contributed by atoms with Crippen molar-refractivity contribution in [3.8, 4) is 0 Å². The molecule has 0 nitrogen and oxygen atoms in total. The highest BCUT2D eigenvalue weighted by molar-refractivity contribution is 14.1. The zero-order valence-electron chi connectivity index (χ0n) is 7.49. The van der Waals surface area contributed by atoms with Crippen molar-refractivity contribution in [2.45, 2.75) is 19.6 Å². The molecule has 0 spiro atoms. The van der Waals surface area contributed by atoms with Gasteiger partial charge in [-0.15, -0.1) is 0 Å².